The zero-order valence-electron chi connectivity index (χ0n) is 20.3. The van der Waals surface area contributed by atoms with Crippen molar-refractivity contribution in [3.8, 4) is 0 Å². The summed E-state index contributed by atoms with van der Waals surface area (Å²) in [7, 11) is -4.03. The molecule has 0 saturated carbocycles. The highest BCUT2D eigenvalue weighted by atomic mass is 35.5. The molecule has 13 heteroatoms. The molecule has 0 aromatic heterocycles. The Morgan fingerprint density at radius 1 is 1.14 bits per heavy atom. The van der Waals surface area contributed by atoms with Gasteiger partial charge in [-0.2, -0.15) is 0 Å². The Bertz CT molecular complexity index is 1260. The van der Waals surface area contributed by atoms with Crippen molar-refractivity contribution in [2.75, 3.05) is 23.7 Å². The van der Waals surface area contributed by atoms with Crippen LogP contribution in [0.4, 0.5) is 11.4 Å². The van der Waals surface area contributed by atoms with Crippen LogP contribution in [0, 0.1) is 17.0 Å². The van der Waals surface area contributed by atoms with Crippen molar-refractivity contribution in [3.63, 3.8) is 0 Å². The number of hydrogen-bond donors (Lipinski definition) is 1. The first kappa shape index (κ1) is 29.3. The molecule has 0 fully saturated rings. The minimum atomic E-state index is -4.03. The van der Waals surface area contributed by atoms with Gasteiger partial charge in [-0.15, -0.1) is 0 Å². The standard InChI is InChI=1S/C23H28Cl2N4O6S/c1-5-10-26-23(31)16(3)27(13-17-7-9-19(24)20(25)11-17)22(30)14-28(36(4,34)35)21-12-18(29(32)33)8-6-15(21)2/h6-9,11-12,16H,5,10,13-14H2,1-4H3,(H,26,31)/t16-/m0/s1. The van der Waals surface area contributed by atoms with E-state index in [9.17, 15) is 28.1 Å². The molecular weight excluding hydrogens is 531 g/mol. The van der Waals surface area contributed by atoms with Crippen molar-refractivity contribution < 1.29 is 22.9 Å². The number of nitrogens with zero attached hydrogens (tertiary/aromatic N) is 3. The summed E-state index contributed by atoms with van der Waals surface area (Å²) in [5.74, 6) is -1.10. The lowest BCUT2D eigenvalue weighted by molar-refractivity contribution is -0.384. The molecule has 0 heterocycles. The number of sulfonamides is 1. The minimum absolute atomic E-state index is 0.00220. The number of carbonyl (C=O) groups is 2. The molecule has 0 aliphatic carbocycles. The van der Waals surface area contributed by atoms with Gasteiger partial charge in [0.25, 0.3) is 5.69 Å². The molecule has 0 bridgehead atoms. The second-order valence-electron chi connectivity index (χ2n) is 8.23. The van der Waals surface area contributed by atoms with Gasteiger partial charge in [0.1, 0.15) is 12.6 Å². The van der Waals surface area contributed by atoms with Crippen molar-refractivity contribution in [2.45, 2.75) is 39.8 Å². The molecule has 0 spiro atoms. The van der Waals surface area contributed by atoms with Gasteiger partial charge in [-0.25, -0.2) is 8.42 Å². The third kappa shape index (κ3) is 7.55. The Morgan fingerprint density at radius 2 is 1.81 bits per heavy atom. The zero-order valence-corrected chi connectivity index (χ0v) is 22.7. The second-order valence-corrected chi connectivity index (χ2v) is 11.0. The number of nitro benzene ring substituents is 1. The highest BCUT2D eigenvalue weighted by molar-refractivity contribution is 7.92. The van der Waals surface area contributed by atoms with Crippen LogP contribution in [0.2, 0.25) is 10.0 Å². The fraction of sp³-hybridized carbons (Fsp3) is 0.391. The van der Waals surface area contributed by atoms with Crippen LogP contribution in [0.3, 0.4) is 0 Å². The van der Waals surface area contributed by atoms with Crippen LogP contribution in [0.5, 0.6) is 0 Å². The van der Waals surface area contributed by atoms with E-state index >= 15 is 0 Å². The van der Waals surface area contributed by atoms with Crippen LogP contribution >= 0.6 is 23.2 Å². The van der Waals surface area contributed by atoms with E-state index in [-0.39, 0.29) is 22.9 Å². The molecular formula is C23H28Cl2N4O6S. The smallest absolute Gasteiger partial charge is 0.271 e. The maximum atomic E-state index is 13.5. The molecule has 2 aromatic carbocycles. The van der Waals surface area contributed by atoms with Crippen molar-refractivity contribution in [1.82, 2.24) is 10.2 Å². The van der Waals surface area contributed by atoms with Crippen LogP contribution in [0.25, 0.3) is 0 Å². The van der Waals surface area contributed by atoms with Crippen LogP contribution in [-0.2, 0) is 26.2 Å². The van der Waals surface area contributed by atoms with Crippen molar-refractivity contribution in [3.05, 3.63) is 67.7 Å². The molecule has 2 amide bonds. The van der Waals surface area contributed by atoms with Crippen LogP contribution < -0.4 is 9.62 Å². The van der Waals surface area contributed by atoms with E-state index in [0.717, 1.165) is 16.6 Å². The molecule has 0 saturated heterocycles. The second kappa shape index (κ2) is 12.4. The first-order chi connectivity index (χ1) is 16.8. The van der Waals surface area contributed by atoms with Gasteiger partial charge in [-0.05, 0) is 43.5 Å². The Hall–Kier alpha value is -2.89. The lowest BCUT2D eigenvalue weighted by Gasteiger charge is -2.32. The number of hydrogen-bond acceptors (Lipinski definition) is 6. The molecule has 0 radical (unpaired) electrons. The summed E-state index contributed by atoms with van der Waals surface area (Å²) in [6.45, 7) is 4.67. The summed E-state index contributed by atoms with van der Waals surface area (Å²) in [5, 5.41) is 14.6. The van der Waals surface area contributed by atoms with Gasteiger partial charge < -0.3 is 10.2 Å². The van der Waals surface area contributed by atoms with Crippen molar-refractivity contribution in [2.24, 2.45) is 0 Å². The van der Waals surface area contributed by atoms with E-state index < -0.39 is 39.3 Å². The van der Waals surface area contributed by atoms with Crippen molar-refractivity contribution in [1.29, 1.82) is 0 Å². The molecule has 0 aliphatic heterocycles. The number of amides is 2. The number of nitro groups is 1. The fourth-order valence-corrected chi connectivity index (χ4v) is 4.61. The summed E-state index contributed by atoms with van der Waals surface area (Å²) >= 11 is 12.1. The van der Waals surface area contributed by atoms with Gasteiger partial charge in [-0.1, -0.05) is 42.3 Å². The topological polar surface area (TPSA) is 130 Å². The van der Waals surface area contributed by atoms with Gasteiger partial charge in [0.15, 0.2) is 0 Å². The maximum absolute atomic E-state index is 13.5. The molecule has 196 valence electrons. The minimum Gasteiger partial charge on any atom is -0.354 e. The zero-order chi connectivity index (χ0) is 27.2. The summed E-state index contributed by atoms with van der Waals surface area (Å²) in [6.07, 6.45) is 1.59. The van der Waals surface area contributed by atoms with Gasteiger partial charge in [0, 0.05) is 25.2 Å². The monoisotopic (exact) mass is 558 g/mol. The predicted octanol–water partition coefficient (Wildman–Crippen LogP) is 3.92. The summed E-state index contributed by atoms with van der Waals surface area (Å²) in [4.78, 5) is 38.1. The highest BCUT2D eigenvalue weighted by Crippen LogP contribution is 2.28. The molecule has 2 aromatic rings. The van der Waals surface area contributed by atoms with E-state index in [1.807, 2.05) is 6.92 Å². The van der Waals surface area contributed by atoms with Gasteiger partial charge in [-0.3, -0.25) is 24.0 Å². The lowest BCUT2D eigenvalue weighted by atomic mass is 10.1. The fourth-order valence-electron chi connectivity index (χ4n) is 3.39. The maximum Gasteiger partial charge on any atom is 0.271 e. The first-order valence-corrected chi connectivity index (χ1v) is 13.6. The lowest BCUT2D eigenvalue weighted by Crippen LogP contribution is -2.51. The van der Waals surface area contributed by atoms with E-state index in [0.29, 0.717) is 29.1 Å². The third-order valence-corrected chi connectivity index (χ3v) is 7.27. The summed E-state index contributed by atoms with van der Waals surface area (Å²) < 4.78 is 26.2. The molecule has 1 N–H and O–H groups in total. The molecule has 1 atom stereocenters. The third-order valence-electron chi connectivity index (χ3n) is 5.40. The highest BCUT2D eigenvalue weighted by Gasteiger charge is 2.31. The number of anilines is 1. The largest absolute Gasteiger partial charge is 0.354 e. The number of rotatable bonds is 11. The van der Waals surface area contributed by atoms with Crippen LogP contribution in [0.15, 0.2) is 36.4 Å². The SMILES string of the molecule is CCCNC(=O)[C@H](C)N(Cc1ccc(Cl)c(Cl)c1)C(=O)CN(c1cc([N+](=O)[O-])ccc1C)S(C)(=O)=O. The number of nitrogens with one attached hydrogen (secondary N) is 1. The van der Waals surface area contributed by atoms with E-state index in [1.54, 1.807) is 25.1 Å². The Kier molecular flexibility index (Phi) is 10.1. The normalized spacial score (nSPS) is 12.1. The first-order valence-electron chi connectivity index (χ1n) is 11.0. The van der Waals surface area contributed by atoms with E-state index in [4.69, 9.17) is 23.2 Å². The molecule has 2 rings (SSSR count). The summed E-state index contributed by atoms with van der Waals surface area (Å²) in [6, 6.07) is 7.56. The molecule has 10 nitrogen and oxygen atoms in total. The Labute approximate surface area is 220 Å². The summed E-state index contributed by atoms with van der Waals surface area (Å²) in [5.41, 5.74) is 0.670. The van der Waals surface area contributed by atoms with Crippen LogP contribution in [-0.4, -0.2) is 55.4 Å². The number of benzene rings is 2. The average Bonchev–Trinajstić information content (AvgIpc) is 2.80. The number of aryl methyl sites for hydroxylation is 1. The van der Waals surface area contributed by atoms with Gasteiger partial charge >= 0.3 is 0 Å². The van der Waals surface area contributed by atoms with E-state index in [1.165, 1.54) is 24.0 Å². The molecule has 0 unspecified atom stereocenters. The number of carbonyl (C=O) groups excluding carboxylic acids is 2. The predicted molar refractivity (Wildman–Crippen MR) is 140 cm³/mol. The number of halogens is 2. The number of non-ortho nitro benzene ring substituents is 1. The molecule has 0 aliphatic rings. The van der Waals surface area contributed by atoms with E-state index in [2.05, 4.69) is 5.32 Å². The quantitative estimate of drug-likeness (QED) is 0.328. The average molecular weight is 559 g/mol. The van der Waals surface area contributed by atoms with Crippen LogP contribution in [0.1, 0.15) is 31.4 Å². The Morgan fingerprint density at radius 3 is 2.36 bits per heavy atom. The molecule has 36 heavy (non-hydrogen) atoms. The van der Waals surface area contributed by atoms with Gasteiger partial charge in [0.05, 0.1) is 26.9 Å². The Balaban J connectivity index is 2.48. The van der Waals surface area contributed by atoms with Crippen molar-refractivity contribution >= 4 is 56.4 Å². The van der Waals surface area contributed by atoms with Gasteiger partial charge in [0.2, 0.25) is 21.8 Å².